The number of nitro groups is 1. The monoisotopic (exact) mass is 450 g/mol. The number of nitrogens with two attached hydrogens (primary N) is 1. The van der Waals surface area contributed by atoms with Gasteiger partial charge in [0, 0.05) is 23.1 Å². The molecule has 1 aliphatic rings. The molecule has 10 heteroatoms. The quantitative estimate of drug-likeness (QED) is 0.186. The zero-order valence-electron chi connectivity index (χ0n) is 16.7. The predicted octanol–water partition coefficient (Wildman–Crippen LogP) is 2.94. The zero-order chi connectivity index (χ0) is 22.8. The van der Waals surface area contributed by atoms with Crippen LogP contribution in [0.5, 0.6) is 0 Å². The number of imide groups is 1. The molecule has 0 unspecified atom stereocenters. The third-order valence-electron chi connectivity index (χ3n) is 5.02. The highest BCUT2D eigenvalue weighted by molar-refractivity contribution is 7.99. The molecule has 2 amide bonds. The molecule has 0 fully saturated rings. The van der Waals surface area contributed by atoms with Gasteiger partial charge in [0.2, 0.25) is 0 Å². The van der Waals surface area contributed by atoms with Crippen LogP contribution in [0.3, 0.4) is 0 Å². The van der Waals surface area contributed by atoms with E-state index in [0.29, 0.717) is 10.6 Å². The van der Waals surface area contributed by atoms with E-state index in [9.17, 15) is 24.5 Å². The van der Waals surface area contributed by atoms with Crippen LogP contribution in [0.15, 0.2) is 64.3 Å². The van der Waals surface area contributed by atoms with Crippen LogP contribution in [0.25, 0.3) is 5.69 Å². The highest BCUT2D eigenvalue weighted by Gasteiger charge is 2.32. The Hall–Kier alpha value is -3.92. The third-order valence-corrected chi connectivity index (χ3v) is 6.08. The minimum atomic E-state index is -0.711. The number of benzene rings is 2. The van der Waals surface area contributed by atoms with Gasteiger partial charge in [-0.25, -0.2) is 0 Å². The van der Waals surface area contributed by atoms with Crippen LogP contribution in [-0.4, -0.2) is 27.1 Å². The number of fused-ring (bicyclic) bond motifs is 1. The maximum atomic E-state index is 12.7. The summed E-state index contributed by atoms with van der Waals surface area (Å²) in [6.07, 6.45) is 1.73. The van der Waals surface area contributed by atoms with E-state index in [1.165, 1.54) is 29.5 Å². The molecule has 162 valence electrons. The van der Waals surface area contributed by atoms with Gasteiger partial charge in [0.05, 0.1) is 21.7 Å². The van der Waals surface area contributed by atoms with Crippen molar-refractivity contribution < 1.29 is 14.5 Å². The summed E-state index contributed by atoms with van der Waals surface area (Å²) >= 11 is 1.42. The van der Waals surface area contributed by atoms with Crippen molar-refractivity contribution in [3.63, 3.8) is 0 Å². The number of anilines is 1. The van der Waals surface area contributed by atoms with Crippen molar-refractivity contribution in [3.8, 4) is 5.69 Å². The Morgan fingerprint density at radius 1 is 1.03 bits per heavy atom. The van der Waals surface area contributed by atoms with Gasteiger partial charge < -0.3 is 5.73 Å². The maximum Gasteiger partial charge on any atom is 0.272 e. The molecule has 0 atom stereocenters. The number of aryl methyl sites for hydroxylation is 1. The number of nitrogens with one attached hydrogen (secondary N) is 1. The van der Waals surface area contributed by atoms with Crippen molar-refractivity contribution in [1.82, 2.24) is 9.88 Å². The van der Waals surface area contributed by atoms with E-state index in [4.69, 9.17) is 5.73 Å². The molecule has 2 aromatic carbocycles. The predicted molar refractivity (Wildman–Crippen MR) is 120 cm³/mol. The second kappa shape index (κ2) is 8.67. The molecule has 1 aliphatic heterocycles. The fourth-order valence-corrected chi connectivity index (χ4v) is 4.48. The number of non-ortho nitro benzene ring substituents is 1. The van der Waals surface area contributed by atoms with Gasteiger partial charge in [0.25, 0.3) is 23.1 Å². The number of pyridine rings is 1. The lowest BCUT2D eigenvalue weighted by atomic mass is 10.1. The standard InChI is InChI=1S/C22H18N4O5S/c23-20-19-17(21(28)24-22(19)29)12-18(27)25(20)14-9-15(26(30)31)11-16(10-14)32-8-4-7-13-5-2-1-3-6-13/h1-3,5-6,9-12H,4,7-8,23H2,(H,24,28,29). The SMILES string of the molecule is Nc1c2c(cc(=O)n1-c1cc(SCCCc3ccccc3)cc([N+](=O)[O-])c1)C(=O)NC2=O. The summed E-state index contributed by atoms with van der Waals surface area (Å²) in [4.78, 5) is 48.1. The molecule has 32 heavy (non-hydrogen) atoms. The number of carbonyl (C=O) groups is 2. The number of hydrogen-bond donors (Lipinski definition) is 2. The lowest BCUT2D eigenvalue weighted by Gasteiger charge is -2.13. The van der Waals surface area contributed by atoms with Crippen molar-refractivity contribution in [1.29, 1.82) is 0 Å². The van der Waals surface area contributed by atoms with Gasteiger partial charge in [-0.3, -0.25) is 34.4 Å². The van der Waals surface area contributed by atoms with E-state index in [2.05, 4.69) is 5.32 Å². The summed E-state index contributed by atoms with van der Waals surface area (Å²) in [5.41, 5.74) is 6.33. The van der Waals surface area contributed by atoms with E-state index in [1.807, 2.05) is 30.3 Å². The van der Waals surface area contributed by atoms with Gasteiger partial charge in [-0.05, 0) is 30.2 Å². The molecular formula is C22H18N4O5S. The van der Waals surface area contributed by atoms with Crippen LogP contribution in [0.2, 0.25) is 0 Å². The molecule has 3 N–H and O–H groups in total. The first-order chi connectivity index (χ1) is 15.3. The number of nitrogen functional groups attached to an aromatic ring is 1. The van der Waals surface area contributed by atoms with Crippen LogP contribution in [-0.2, 0) is 6.42 Å². The number of aromatic nitrogens is 1. The number of amides is 2. The summed E-state index contributed by atoms with van der Waals surface area (Å²) in [6.45, 7) is 0. The van der Waals surface area contributed by atoms with Crippen molar-refractivity contribution >= 4 is 35.1 Å². The number of thioether (sulfide) groups is 1. The van der Waals surface area contributed by atoms with Crippen molar-refractivity contribution in [2.24, 2.45) is 0 Å². The van der Waals surface area contributed by atoms with Crippen molar-refractivity contribution in [3.05, 3.63) is 91.8 Å². The Bertz CT molecular complexity index is 1300. The van der Waals surface area contributed by atoms with Crippen molar-refractivity contribution in [2.45, 2.75) is 17.7 Å². The van der Waals surface area contributed by atoms with Crippen molar-refractivity contribution in [2.75, 3.05) is 11.5 Å². The maximum absolute atomic E-state index is 12.7. The molecule has 9 nitrogen and oxygen atoms in total. The normalized spacial score (nSPS) is 12.5. The Morgan fingerprint density at radius 2 is 1.78 bits per heavy atom. The summed E-state index contributed by atoms with van der Waals surface area (Å²) in [6, 6.07) is 15.3. The smallest absolute Gasteiger partial charge is 0.272 e. The molecule has 1 aromatic heterocycles. The zero-order valence-corrected chi connectivity index (χ0v) is 17.6. The van der Waals surface area contributed by atoms with Crippen LogP contribution in [0.1, 0.15) is 32.7 Å². The molecule has 0 bridgehead atoms. The van der Waals surface area contributed by atoms with Gasteiger partial charge >= 0.3 is 0 Å². The fraction of sp³-hybridized carbons (Fsp3) is 0.136. The van der Waals surface area contributed by atoms with Crippen LogP contribution in [0, 0.1) is 10.1 Å². The lowest BCUT2D eigenvalue weighted by Crippen LogP contribution is -2.24. The average Bonchev–Trinajstić information content (AvgIpc) is 3.05. The number of carbonyl (C=O) groups excluding carboxylic acids is 2. The van der Waals surface area contributed by atoms with E-state index in [1.54, 1.807) is 6.07 Å². The Balaban J connectivity index is 1.65. The number of nitro benzene ring substituents is 1. The minimum Gasteiger partial charge on any atom is -0.384 e. The third kappa shape index (κ3) is 4.12. The van der Waals surface area contributed by atoms with E-state index >= 15 is 0 Å². The number of hydrogen-bond acceptors (Lipinski definition) is 7. The summed E-state index contributed by atoms with van der Waals surface area (Å²) in [7, 11) is 0. The molecule has 0 radical (unpaired) electrons. The Morgan fingerprint density at radius 3 is 2.50 bits per heavy atom. The summed E-state index contributed by atoms with van der Waals surface area (Å²) < 4.78 is 1.01. The topological polar surface area (TPSA) is 137 Å². The first-order valence-electron chi connectivity index (χ1n) is 9.73. The van der Waals surface area contributed by atoms with Crippen LogP contribution >= 0.6 is 11.8 Å². The second-order valence-electron chi connectivity index (χ2n) is 7.15. The highest BCUT2D eigenvalue weighted by atomic mass is 32.2. The molecule has 0 spiro atoms. The van der Waals surface area contributed by atoms with E-state index in [-0.39, 0.29) is 28.3 Å². The first-order valence-corrected chi connectivity index (χ1v) is 10.7. The Labute approximate surface area is 186 Å². The average molecular weight is 450 g/mol. The molecule has 0 saturated carbocycles. The molecular weight excluding hydrogens is 432 g/mol. The molecule has 4 rings (SSSR count). The number of rotatable bonds is 7. The van der Waals surface area contributed by atoms with E-state index in [0.717, 1.165) is 23.5 Å². The largest absolute Gasteiger partial charge is 0.384 e. The summed E-state index contributed by atoms with van der Waals surface area (Å²) in [5.74, 6) is -0.940. The fourth-order valence-electron chi connectivity index (χ4n) is 3.54. The lowest BCUT2D eigenvalue weighted by molar-refractivity contribution is -0.385. The molecule has 0 aliphatic carbocycles. The molecule has 0 saturated heterocycles. The summed E-state index contributed by atoms with van der Waals surface area (Å²) in [5, 5.41) is 13.6. The highest BCUT2D eigenvalue weighted by Crippen LogP contribution is 2.30. The number of nitrogens with zero attached hydrogens (tertiary/aromatic N) is 2. The van der Waals surface area contributed by atoms with Gasteiger partial charge in [-0.15, -0.1) is 11.8 Å². The van der Waals surface area contributed by atoms with Crippen LogP contribution in [0.4, 0.5) is 11.5 Å². The Kier molecular flexibility index (Phi) is 5.78. The van der Waals surface area contributed by atoms with Gasteiger partial charge in [-0.1, -0.05) is 30.3 Å². The van der Waals surface area contributed by atoms with E-state index < -0.39 is 22.3 Å². The van der Waals surface area contributed by atoms with Gasteiger partial charge in [0.15, 0.2) is 0 Å². The van der Waals surface area contributed by atoms with Crippen LogP contribution < -0.4 is 16.6 Å². The van der Waals surface area contributed by atoms with Gasteiger partial charge in [-0.2, -0.15) is 0 Å². The first kappa shape index (κ1) is 21.3. The molecule has 2 heterocycles. The minimum absolute atomic E-state index is 0.102. The molecule has 3 aromatic rings. The second-order valence-corrected chi connectivity index (χ2v) is 8.32. The van der Waals surface area contributed by atoms with Gasteiger partial charge in [0.1, 0.15) is 5.82 Å².